The first kappa shape index (κ1) is 14.2. The molecule has 0 heterocycles. The third-order valence-corrected chi connectivity index (χ3v) is 3.07. The Hall–Kier alpha value is 0.200. The van der Waals surface area contributed by atoms with Gasteiger partial charge in [-0.25, -0.2) is 8.42 Å². The number of ether oxygens (including phenoxy) is 1. The summed E-state index contributed by atoms with van der Waals surface area (Å²) in [6, 6.07) is 0. The molecule has 0 aliphatic carbocycles. The molecule has 0 rings (SSSR count). The van der Waals surface area contributed by atoms with Crippen molar-refractivity contribution in [2.45, 2.75) is 27.2 Å². The van der Waals surface area contributed by atoms with Crippen molar-refractivity contribution in [1.29, 1.82) is 0 Å². The predicted molar refractivity (Wildman–Crippen MR) is 59.1 cm³/mol. The lowest BCUT2D eigenvalue weighted by Crippen LogP contribution is -2.15. The summed E-state index contributed by atoms with van der Waals surface area (Å²) in [5, 5.41) is 0. The van der Waals surface area contributed by atoms with E-state index < -0.39 is 9.05 Å². The van der Waals surface area contributed by atoms with Gasteiger partial charge in [-0.3, -0.25) is 0 Å². The molecular formula is C9H19ClO3S. The number of halogens is 1. The molecule has 5 heteroatoms. The fraction of sp³-hybridized carbons (Fsp3) is 1.00. The van der Waals surface area contributed by atoms with Crippen LogP contribution in [0, 0.1) is 11.8 Å². The first-order valence-electron chi connectivity index (χ1n) is 4.81. The molecule has 0 spiro atoms. The highest BCUT2D eigenvalue weighted by atomic mass is 35.7. The second-order valence-corrected chi connectivity index (χ2v) is 6.89. The molecule has 0 aliphatic rings. The standard InChI is InChI=1S/C9H19ClO3S/c1-8(2)4-5-13-6-9(3)7-14(10,11)12/h8-9H,4-7H2,1-3H3. The first-order chi connectivity index (χ1) is 6.31. The fourth-order valence-corrected chi connectivity index (χ4v) is 2.41. The summed E-state index contributed by atoms with van der Waals surface area (Å²) < 4.78 is 26.7. The van der Waals surface area contributed by atoms with Crippen molar-refractivity contribution in [3.05, 3.63) is 0 Å². The van der Waals surface area contributed by atoms with E-state index in [4.69, 9.17) is 15.4 Å². The average molecular weight is 243 g/mol. The van der Waals surface area contributed by atoms with Gasteiger partial charge in [0.2, 0.25) is 9.05 Å². The molecule has 1 unspecified atom stereocenters. The SMILES string of the molecule is CC(C)CCOCC(C)CS(=O)(=O)Cl. The van der Waals surface area contributed by atoms with Gasteiger partial charge >= 0.3 is 0 Å². The van der Waals surface area contributed by atoms with Crippen LogP contribution in [-0.2, 0) is 13.8 Å². The van der Waals surface area contributed by atoms with E-state index in [9.17, 15) is 8.42 Å². The van der Waals surface area contributed by atoms with Crippen molar-refractivity contribution in [1.82, 2.24) is 0 Å². The van der Waals surface area contributed by atoms with Crippen LogP contribution in [0.2, 0.25) is 0 Å². The van der Waals surface area contributed by atoms with Gasteiger partial charge in [-0.15, -0.1) is 0 Å². The predicted octanol–water partition coefficient (Wildman–Crippen LogP) is 2.25. The summed E-state index contributed by atoms with van der Waals surface area (Å²) in [5.74, 6) is 0.558. The normalized spacial score (nSPS) is 14.6. The lowest BCUT2D eigenvalue weighted by molar-refractivity contribution is 0.102. The van der Waals surface area contributed by atoms with Crippen LogP contribution in [0.4, 0.5) is 0 Å². The Kier molecular flexibility index (Phi) is 6.74. The molecule has 3 nitrogen and oxygen atoms in total. The fourth-order valence-electron chi connectivity index (χ4n) is 0.992. The number of hydrogen-bond acceptors (Lipinski definition) is 3. The van der Waals surface area contributed by atoms with Gasteiger partial charge in [-0.1, -0.05) is 20.8 Å². The molecule has 0 saturated heterocycles. The van der Waals surface area contributed by atoms with Gasteiger partial charge in [-0.05, 0) is 18.3 Å². The zero-order valence-electron chi connectivity index (χ0n) is 8.99. The summed E-state index contributed by atoms with van der Waals surface area (Å²) in [5.41, 5.74) is 0. The molecule has 1 atom stereocenters. The third kappa shape index (κ3) is 10.3. The second kappa shape index (κ2) is 6.64. The quantitative estimate of drug-likeness (QED) is 0.508. The van der Waals surface area contributed by atoms with Crippen molar-refractivity contribution in [2.24, 2.45) is 11.8 Å². The molecule has 0 fully saturated rings. The maximum absolute atomic E-state index is 10.7. The molecule has 0 aromatic heterocycles. The molecule has 0 radical (unpaired) electrons. The highest BCUT2D eigenvalue weighted by Gasteiger charge is 2.12. The lowest BCUT2D eigenvalue weighted by atomic mass is 10.1. The highest BCUT2D eigenvalue weighted by molar-refractivity contribution is 8.13. The molecular weight excluding hydrogens is 224 g/mol. The number of hydrogen-bond donors (Lipinski definition) is 0. The molecule has 0 aromatic rings. The minimum atomic E-state index is -3.38. The van der Waals surface area contributed by atoms with Crippen LogP contribution in [0.25, 0.3) is 0 Å². The topological polar surface area (TPSA) is 43.4 Å². The van der Waals surface area contributed by atoms with Crippen molar-refractivity contribution < 1.29 is 13.2 Å². The molecule has 14 heavy (non-hydrogen) atoms. The van der Waals surface area contributed by atoms with Gasteiger partial charge in [0.25, 0.3) is 0 Å². The molecule has 0 bridgehead atoms. The summed E-state index contributed by atoms with van der Waals surface area (Å²) >= 11 is 0. The van der Waals surface area contributed by atoms with E-state index in [0.29, 0.717) is 19.1 Å². The van der Waals surface area contributed by atoms with E-state index in [0.717, 1.165) is 6.42 Å². The molecule has 86 valence electrons. The number of rotatable bonds is 7. The maximum Gasteiger partial charge on any atom is 0.232 e. The van der Waals surface area contributed by atoms with Gasteiger partial charge in [-0.2, -0.15) is 0 Å². The van der Waals surface area contributed by atoms with E-state index in [1.807, 2.05) is 6.92 Å². The van der Waals surface area contributed by atoms with Crippen molar-refractivity contribution in [2.75, 3.05) is 19.0 Å². The van der Waals surface area contributed by atoms with Gasteiger partial charge in [0.05, 0.1) is 12.4 Å². The van der Waals surface area contributed by atoms with E-state index in [1.165, 1.54) is 0 Å². The van der Waals surface area contributed by atoms with Gasteiger partial charge in [0.1, 0.15) is 0 Å². The molecule has 0 saturated carbocycles. The summed E-state index contributed by atoms with van der Waals surface area (Å²) in [7, 11) is 1.72. The van der Waals surface area contributed by atoms with Crippen LogP contribution in [0.15, 0.2) is 0 Å². The van der Waals surface area contributed by atoms with Gasteiger partial charge in [0, 0.05) is 17.3 Å². The zero-order chi connectivity index (χ0) is 11.2. The van der Waals surface area contributed by atoms with Crippen molar-refractivity contribution in [3.63, 3.8) is 0 Å². The minimum Gasteiger partial charge on any atom is -0.381 e. The Labute approximate surface area is 91.2 Å². The Morgan fingerprint density at radius 2 is 1.86 bits per heavy atom. The summed E-state index contributed by atoms with van der Waals surface area (Å²) in [6.07, 6.45) is 1.00. The summed E-state index contributed by atoms with van der Waals surface area (Å²) in [4.78, 5) is 0. The molecule has 0 aromatic carbocycles. The zero-order valence-corrected chi connectivity index (χ0v) is 10.6. The largest absolute Gasteiger partial charge is 0.381 e. The molecule has 0 amide bonds. The van der Waals surface area contributed by atoms with E-state index in [1.54, 1.807) is 0 Å². The van der Waals surface area contributed by atoms with Crippen LogP contribution in [-0.4, -0.2) is 27.4 Å². The van der Waals surface area contributed by atoms with E-state index >= 15 is 0 Å². The monoisotopic (exact) mass is 242 g/mol. The van der Waals surface area contributed by atoms with Crippen LogP contribution < -0.4 is 0 Å². The molecule has 0 aliphatic heterocycles. The van der Waals surface area contributed by atoms with E-state index in [-0.39, 0.29) is 11.7 Å². The Balaban J connectivity index is 3.50. The van der Waals surface area contributed by atoms with Crippen LogP contribution in [0.5, 0.6) is 0 Å². The van der Waals surface area contributed by atoms with E-state index in [2.05, 4.69) is 13.8 Å². The van der Waals surface area contributed by atoms with Crippen molar-refractivity contribution >= 4 is 19.7 Å². The van der Waals surface area contributed by atoms with Crippen molar-refractivity contribution in [3.8, 4) is 0 Å². The molecule has 0 N–H and O–H groups in total. The van der Waals surface area contributed by atoms with Gasteiger partial charge < -0.3 is 4.74 Å². The Morgan fingerprint density at radius 3 is 2.29 bits per heavy atom. The van der Waals surface area contributed by atoms with Crippen LogP contribution in [0.3, 0.4) is 0 Å². The third-order valence-electron chi connectivity index (χ3n) is 1.73. The Morgan fingerprint density at radius 1 is 1.29 bits per heavy atom. The maximum atomic E-state index is 10.7. The summed E-state index contributed by atoms with van der Waals surface area (Å²) in [6.45, 7) is 7.20. The Bertz CT molecular complexity index is 236. The minimum absolute atomic E-state index is 0.0176. The second-order valence-electron chi connectivity index (χ2n) is 4.07. The first-order valence-corrected chi connectivity index (χ1v) is 7.29. The van der Waals surface area contributed by atoms with Crippen LogP contribution in [0.1, 0.15) is 27.2 Å². The smallest absolute Gasteiger partial charge is 0.232 e. The van der Waals surface area contributed by atoms with Crippen LogP contribution >= 0.6 is 10.7 Å². The lowest BCUT2D eigenvalue weighted by Gasteiger charge is -2.10. The average Bonchev–Trinajstić information content (AvgIpc) is 1.94. The van der Waals surface area contributed by atoms with Gasteiger partial charge in [0.15, 0.2) is 0 Å². The highest BCUT2D eigenvalue weighted by Crippen LogP contribution is 2.07.